The van der Waals surface area contributed by atoms with Crippen LogP contribution in [0.4, 0.5) is 0 Å². The summed E-state index contributed by atoms with van der Waals surface area (Å²) >= 11 is 1.70. The molecule has 294 valence electrons. The predicted molar refractivity (Wildman–Crippen MR) is 263 cm³/mol. The Balaban J connectivity index is 1.26. The minimum absolute atomic E-state index is 0.0550. The SMILES string of the molecule is [2H]c1ccc2c(c1[2H])c1c([2H])c([2H])c3c4c([2H])c([2H])c([2H])c([2H])c4n(-c4ccc(-c5cccc6c5sc5ccccc56)cc4-c4nc(-c5ccccc5)nc(-c5ccccc5)n4)c3c1n2-c1ccccc1. The number of para-hydroxylation sites is 3. The fourth-order valence-corrected chi connectivity index (χ4v) is 10.2. The highest BCUT2D eigenvalue weighted by Crippen LogP contribution is 2.45. The molecule has 0 aliphatic rings. The van der Waals surface area contributed by atoms with Gasteiger partial charge in [0.2, 0.25) is 0 Å². The molecule has 0 saturated carbocycles. The van der Waals surface area contributed by atoms with Gasteiger partial charge in [-0.2, -0.15) is 0 Å². The lowest BCUT2D eigenvalue weighted by atomic mass is 9.99. The maximum absolute atomic E-state index is 9.86. The van der Waals surface area contributed by atoms with Crippen LogP contribution in [-0.2, 0) is 0 Å². The van der Waals surface area contributed by atoms with Crippen LogP contribution in [0.3, 0.4) is 0 Å². The highest BCUT2D eigenvalue weighted by Gasteiger charge is 2.25. The molecule has 4 heterocycles. The normalized spacial score (nSPS) is 13.6. The zero-order valence-electron chi connectivity index (χ0n) is 41.2. The van der Waals surface area contributed by atoms with Gasteiger partial charge in [0, 0.05) is 64.1 Å². The first-order valence-electron chi connectivity index (χ1n) is 24.5. The number of benzene rings is 9. The highest BCUT2D eigenvalue weighted by atomic mass is 32.1. The molecule has 0 atom stereocenters. The summed E-state index contributed by atoms with van der Waals surface area (Å²) in [4.78, 5) is 15.5. The van der Waals surface area contributed by atoms with E-state index in [0.717, 1.165) is 42.4 Å². The molecule has 6 heteroatoms. The van der Waals surface area contributed by atoms with Gasteiger partial charge < -0.3 is 9.13 Å². The summed E-state index contributed by atoms with van der Waals surface area (Å²) in [7, 11) is 0. The van der Waals surface area contributed by atoms with E-state index in [1.165, 1.54) is 0 Å². The molecule has 0 bridgehead atoms. The van der Waals surface area contributed by atoms with Crippen LogP contribution in [0.5, 0.6) is 0 Å². The molecule has 0 radical (unpaired) electrons. The van der Waals surface area contributed by atoms with Crippen LogP contribution in [0.2, 0.25) is 0 Å². The van der Waals surface area contributed by atoms with Gasteiger partial charge in [0.15, 0.2) is 17.5 Å². The summed E-state index contributed by atoms with van der Waals surface area (Å²) in [6, 6.07) is 50.2. The average molecular weight is 830 g/mol. The zero-order chi connectivity index (χ0) is 48.4. The molecule has 13 rings (SSSR count). The Morgan fingerprint density at radius 3 is 1.78 bits per heavy atom. The van der Waals surface area contributed by atoms with Gasteiger partial charge in [-0.1, -0.05) is 170 Å². The largest absolute Gasteiger partial charge is 0.307 e. The van der Waals surface area contributed by atoms with Crippen molar-refractivity contribution in [1.29, 1.82) is 0 Å². The molecule has 5 nitrogen and oxygen atoms in total. The molecule has 0 saturated heterocycles. The van der Waals surface area contributed by atoms with Crippen molar-refractivity contribution in [3.63, 3.8) is 0 Å². The van der Waals surface area contributed by atoms with E-state index < -0.39 is 12.1 Å². The molecule has 0 unspecified atom stereocenters. The standard InChI is InChI=1S/C57H35N5S/c1-4-17-36(18-5-1)55-58-56(37-19-6-2-7-20-37)60-57(59-55)47-35-38(40-26-16-27-46-43-25-12-15-30-51(43)63-54(40)46)31-34-50(47)62-49-29-14-11-24-42(49)45-33-32-44-41-23-10-13-28-48(41)61(52(44)53(45)62)39-21-8-3-9-22-39/h1-35H/i10D,11D,14D,23D,24D,29D,32D,33D. The molecule has 0 aliphatic heterocycles. The Morgan fingerprint density at radius 1 is 0.397 bits per heavy atom. The lowest BCUT2D eigenvalue weighted by molar-refractivity contribution is 1.06. The molecule has 9 aromatic carbocycles. The van der Waals surface area contributed by atoms with Crippen LogP contribution in [-0.4, -0.2) is 24.1 Å². The Labute approximate surface area is 377 Å². The van der Waals surface area contributed by atoms with E-state index in [2.05, 4.69) is 24.3 Å². The molecule has 0 N–H and O–H groups in total. The van der Waals surface area contributed by atoms with Gasteiger partial charge in [-0.15, -0.1) is 11.3 Å². The first-order chi connectivity index (χ1) is 34.6. The summed E-state index contributed by atoms with van der Waals surface area (Å²) in [5.74, 6) is 1.11. The van der Waals surface area contributed by atoms with Crippen LogP contribution in [0.15, 0.2) is 212 Å². The molecule has 4 aromatic heterocycles. The average Bonchev–Trinajstić information content (AvgIpc) is 4.10. The highest BCUT2D eigenvalue weighted by molar-refractivity contribution is 7.26. The molecule has 0 fully saturated rings. The van der Waals surface area contributed by atoms with E-state index in [4.69, 9.17) is 19.1 Å². The molecular formula is C57H35N5S. The second-order valence-corrected chi connectivity index (χ2v) is 16.4. The van der Waals surface area contributed by atoms with Crippen molar-refractivity contribution in [3.05, 3.63) is 212 Å². The van der Waals surface area contributed by atoms with E-state index in [9.17, 15) is 6.85 Å². The number of nitrogens with zero attached hydrogens (tertiary/aromatic N) is 5. The minimum atomic E-state index is -0.479. The van der Waals surface area contributed by atoms with Crippen LogP contribution in [0.25, 0.3) is 120 Å². The van der Waals surface area contributed by atoms with Gasteiger partial charge in [0.1, 0.15) is 0 Å². The van der Waals surface area contributed by atoms with Gasteiger partial charge in [-0.05, 0) is 53.6 Å². The van der Waals surface area contributed by atoms with Crippen molar-refractivity contribution in [2.45, 2.75) is 0 Å². The topological polar surface area (TPSA) is 48.5 Å². The number of rotatable bonds is 6. The first-order valence-corrected chi connectivity index (χ1v) is 21.4. The van der Waals surface area contributed by atoms with Crippen LogP contribution in [0.1, 0.15) is 11.0 Å². The Kier molecular flexibility index (Phi) is 6.39. The summed E-state index contributed by atoms with van der Waals surface area (Å²) in [5.41, 5.74) is 6.23. The lowest BCUT2D eigenvalue weighted by Gasteiger charge is -2.17. The molecule has 63 heavy (non-hydrogen) atoms. The van der Waals surface area contributed by atoms with Crippen LogP contribution in [0, 0.1) is 0 Å². The quantitative estimate of drug-likeness (QED) is 0.168. The van der Waals surface area contributed by atoms with E-state index in [1.807, 2.05) is 132 Å². The van der Waals surface area contributed by atoms with E-state index in [1.54, 1.807) is 28.0 Å². The second kappa shape index (κ2) is 14.2. The molecular weight excluding hydrogens is 787 g/mol. The summed E-state index contributed by atoms with van der Waals surface area (Å²) in [6.07, 6.45) is 0. The number of hydrogen-bond acceptors (Lipinski definition) is 4. The summed E-state index contributed by atoms with van der Waals surface area (Å²) in [5, 5.41) is 3.01. The number of aromatic nitrogens is 5. The van der Waals surface area contributed by atoms with Crippen LogP contribution < -0.4 is 0 Å². The van der Waals surface area contributed by atoms with Crippen molar-refractivity contribution < 1.29 is 11.0 Å². The Hall–Kier alpha value is -8.19. The summed E-state index contributed by atoms with van der Waals surface area (Å²) in [6.45, 7) is 0. The number of fused-ring (bicyclic) bond motifs is 10. The first kappa shape index (κ1) is 28.4. The van der Waals surface area contributed by atoms with Crippen molar-refractivity contribution >= 4 is 75.1 Å². The van der Waals surface area contributed by atoms with Crippen molar-refractivity contribution in [1.82, 2.24) is 24.1 Å². The van der Waals surface area contributed by atoms with E-state index in [-0.39, 0.29) is 63.8 Å². The predicted octanol–water partition coefficient (Wildman–Crippen LogP) is 15.1. The zero-order valence-corrected chi connectivity index (χ0v) is 34.0. The van der Waals surface area contributed by atoms with Crippen molar-refractivity contribution in [2.24, 2.45) is 0 Å². The van der Waals surface area contributed by atoms with Crippen LogP contribution >= 0.6 is 11.3 Å². The molecule has 13 aromatic rings. The van der Waals surface area contributed by atoms with Crippen molar-refractivity contribution in [2.75, 3.05) is 0 Å². The maximum atomic E-state index is 9.86. The number of hydrogen-bond donors (Lipinski definition) is 0. The van der Waals surface area contributed by atoms with E-state index in [0.29, 0.717) is 50.5 Å². The number of thiophene rings is 1. The lowest BCUT2D eigenvalue weighted by Crippen LogP contribution is -2.04. The van der Waals surface area contributed by atoms with Crippen molar-refractivity contribution in [3.8, 4) is 56.7 Å². The molecule has 0 spiro atoms. The van der Waals surface area contributed by atoms with Gasteiger partial charge in [0.25, 0.3) is 0 Å². The van der Waals surface area contributed by atoms with Gasteiger partial charge in [0.05, 0.1) is 38.7 Å². The maximum Gasteiger partial charge on any atom is 0.166 e. The fraction of sp³-hybridized carbons (Fsp3) is 0. The molecule has 0 amide bonds. The van der Waals surface area contributed by atoms with Gasteiger partial charge >= 0.3 is 0 Å². The minimum Gasteiger partial charge on any atom is -0.307 e. The fourth-order valence-electron chi connectivity index (χ4n) is 8.99. The monoisotopic (exact) mass is 829 g/mol. The third-order valence-electron chi connectivity index (χ3n) is 11.8. The third-order valence-corrected chi connectivity index (χ3v) is 13.0. The smallest absolute Gasteiger partial charge is 0.166 e. The van der Waals surface area contributed by atoms with E-state index >= 15 is 0 Å². The third kappa shape index (κ3) is 5.59. The summed E-state index contributed by atoms with van der Waals surface area (Å²) < 4.78 is 81.0. The van der Waals surface area contributed by atoms with Gasteiger partial charge in [-0.25, -0.2) is 15.0 Å². The Bertz CT molecular complexity index is 4320. The molecule has 0 aliphatic carbocycles. The second-order valence-electron chi connectivity index (χ2n) is 15.3. The Morgan fingerprint density at radius 2 is 1.02 bits per heavy atom. The van der Waals surface area contributed by atoms with Gasteiger partial charge in [-0.3, -0.25) is 0 Å².